The van der Waals surface area contributed by atoms with E-state index in [1.807, 2.05) is 0 Å². The molecule has 0 N–H and O–H groups in total. The highest BCUT2D eigenvalue weighted by atomic mass is 16.6. The van der Waals surface area contributed by atoms with Crippen LogP contribution < -0.4 is 0 Å². The van der Waals surface area contributed by atoms with E-state index in [-0.39, 0.29) is 12.4 Å². The molecule has 1 aliphatic rings. The number of carbonyl (C=O) groups is 2. The Morgan fingerprint density at radius 2 is 1.92 bits per heavy atom. The second kappa shape index (κ2) is 8.92. The van der Waals surface area contributed by atoms with Gasteiger partial charge < -0.3 is 4.74 Å². The maximum atomic E-state index is 12.3. The molecule has 0 amide bonds. The molecule has 0 saturated heterocycles. The number of benzene rings is 1. The SMILES string of the molecule is CC(=O)OC1=C(/C=C/CC(C(=O)c2ccccc2)[N+](=O)[O-])CCCC1. The molecule has 1 aliphatic carbocycles. The van der Waals surface area contributed by atoms with Crippen molar-refractivity contribution in [2.24, 2.45) is 0 Å². The molecule has 1 aromatic rings. The van der Waals surface area contributed by atoms with Gasteiger partial charge in [0.05, 0.1) is 0 Å². The molecule has 1 aromatic carbocycles. The average molecular weight is 343 g/mol. The number of hydrogen-bond donors (Lipinski definition) is 0. The van der Waals surface area contributed by atoms with Crippen LogP contribution in [0.5, 0.6) is 0 Å². The van der Waals surface area contributed by atoms with Crippen LogP contribution in [-0.4, -0.2) is 22.7 Å². The first-order valence-corrected chi connectivity index (χ1v) is 8.28. The highest BCUT2D eigenvalue weighted by Gasteiger charge is 2.29. The Morgan fingerprint density at radius 3 is 2.56 bits per heavy atom. The Morgan fingerprint density at radius 1 is 1.24 bits per heavy atom. The van der Waals surface area contributed by atoms with Crippen LogP contribution in [0.2, 0.25) is 0 Å². The molecular weight excluding hydrogens is 322 g/mol. The molecular formula is C19H21NO5. The van der Waals surface area contributed by atoms with Crippen LogP contribution in [0.1, 0.15) is 49.4 Å². The summed E-state index contributed by atoms with van der Waals surface area (Å²) in [4.78, 5) is 34.2. The van der Waals surface area contributed by atoms with Gasteiger partial charge in [-0.3, -0.25) is 19.7 Å². The van der Waals surface area contributed by atoms with Gasteiger partial charge in [0.25, 0.3) is 6.04 Å². The van der Waals surface area contributed by atoms with Crippen molar-refractivity contribution in [1.29, 1.82) is 0 Å². The van der Waals surface area contributed by atoms with Gasteiger partial charge in [-0.2, -0.15) is 0 Å². The third-order valence-corrected chi connectivity index (χ3v) is 4.02. The maximum Gasteiger partial charge on any atom is 0.307 e. The quantitative estimate of drug-likeness (QED) is 0.325. The van der Waals surface area contributed by atoms with Crippen molar-refractivity contribution in [3.63, 3.8) is 0 Å². The molecule has 0 heterocycles. The zero-order valence-electron chi connectivity index (χ0n) is 14.1. The molecule has 6 heteroatoms. The molecule has 0 bridgehead atoms. The van der Waals surface area contributed by atoms with Gasteiger partial charge in [0.15, 0.2) is 0 Å². The van der Waals surface area contributed by atoms with Gasteiger partial charge in [-0.15, -0.1) is 0 Å². The Kier molecular flexibility index (Phi) is 6.62. The van der Waals surface area contributed by atoms with E-state index in [1.165, 1.54) is 6.92 Å². The fraction of sp³-hybridized carbons (Fsp3) is 0.368. The summed E-state index contributed by atoms with van der Waals surface area (Å²) in [6, 6.07) is 6.94. The molecule has 0 aliphatic heterocycles. The molecule has 0 aromatic heterocycles. The van der Waals surface area contributed by atoms with Gasteiger partial charge in [-0.05, 0) is 24.8 Å². The zero-order chi connectivity index (χ0) is 18.2. The highest BCUT2D eigenvalue weighted by molar-refractivity contribution is 5.99. The third kappa shape index (κ3) is 5.38. The molecule has 6 nitrogen and oxygen atoms in total. The lowest BCUT2D eigenvalue weighted by Crippen LogP contribution is -2.29. The summed E-state index contributed by atoms with van der Waals surface area (Å²) < 4.78 is 5.21. The third-order valence-electron chi connectivity index (χ3n) is 4.02. The van der Waals surface area contributed by atoms with E-state index in [0.29, 0.717) is 17.7 Å². The van der Waals surface area contributed by atoms with Crippen molar-refractivity contribution >= 4 is 11.8 Å². The van der Waals surface area contributed by atoms with Gasteiger partial charge in [0, 0.05) is 30.3 Å². The molecule has 25 heavy (non-hydrogen) atoms. The molecule has 132 valence electrons. The largest absolute Gasteiger partial charge is 0.431 e. The normalized spacial score (nSPS) is 15.9. The highest BCUT2D eigenvalue weighted by Crippen LogP contribution is 2.27. The monoisotopic (exact) mass is 343 g/mol. The van der Waals surface area contributed by atoms with Crippen LogP contribution in [0.4, 0.5) is 0 Å². The zero-order valence-corrected chi connectivity index (χ0v) is 14.1. The first-order valence-electron chi connectivity index (χ1n) is 8.28. The van der Waals surface area contributed by atoms with Crippen LogP contribution in [0.15, 0.2) is 53.8 Å². The summed E-state index contributed by atoms with van der Waals surface area (Å²) in [6.45, 7) is 1.35. The summed E-state index contributed by atoms with van der Waals surface area (Å²) in [5.41, 5.74) is 1.20. The van der Waals surface area contributed by atoms with Gasteiger partial charge in [0.2, 0.25) is 5.78 Å². The number of Topliss-reactive ketones (excluding diaryl/α,β-unsaturated/α-hetero) is 1. The van der Waals surface area contributed by atoms with Crippen molar-refractivity contribution in [1.82, 2.24) is 0 Å². The molecule has 2 rings (SSSR count). The lowest BCUT2D eigenvalue weighted by Gasteiger charge is -2.17. The van der Waals surface area contributed by atoms with E-state index in [2.05, 4.69) is 0 Å². The second-order valence-corrected chi connectivity index (χ2v) is 5.92. The van der Waals surface area contributed by atoms with Crippen LogP contribution in [0, 0.1) is 10.1 Å². The van der Waals surface area contributed by atoms with Crippen molar-refractivity contribution in [2.75, 3.05) is 0 Å². The number of ether oxygens (including phenoxy) is 1. The smallest absolute Gasteiger partial charge is 0.307 e. The number of nitrogens with zero attached hydrogens (tertiary/aromatic N) is 1. The molecule has 0 saturated carbocycles. The van der Waals surface area contributed by atoms with Crippen LogP contribution >= 0.6 is 0 Å². The predicted octanol–water partition coefficient (Wildman–Crippen LogP) is 3.85. The first kappa shape index (κ1) is 18.6. The lowest BCUT2D eigenvalue weighted by atomic mass is 9.96. The van der Waals surface area contributed by atoms with Crippen LogP contribution in [0.3, 0.4) is 0 Å². The Hall–Kier alpha value is -2.76. The molecule has 0 fully saturated rings. The average Bonchev–Trinajstić information content (AvgIpc) is 2.59. The summed E-state index contributed by atoms with van der Waals surface area (Å²) >= 11 is 0. The Balaban J connectivity index is 2.11. The predicted molar refractivity (Wildman–Crippen MR) is 92.6 cm³/mol. The summed E-state index contributed by atoms with van der Waals surface area (Å²) in [7, 11) is 0. The fourth-order valence-electron chi connectivity index (χ4n) is 2.79. The fourth-order valence-corrected chi connectivity index (χ4v) is 2.79. The minimum Gasteiger partial charge on any atom is -0.431 e. The Bertz CT molecular complexity index is 706. The van der Waals surface area contributed by atoms with Crippen molar-refractivity contribution in [3.05, 3.63) is 69.5 Å². The molecule has 1 unspecified atom stereocenters. The molecule has 1 atom stereocenters. The van der Waals surface area contributed by atoms with E-state index in [1.54, 1.807) is 42.5 Å². The molecule has 0 radical (unpaired) electrons. The number of nitro groups is 1. The lowest BCUT2D eigenvalue weighted by molar-refractivity contribution is -0.504. The minimum absolute atomic E-state index is 0.00240. The summed E-state index contributed by atoms with van der Waals surface area (Å²) in [5, 5.41) is 11.3. The van der Waals surface area contributed by atoms with Crippen LogP contribution in [-0.2, 0) is 9.53 Å². The van der Waals surface area contributed by atoms with E-state index in [4.69, 9.17) is 4.74 Å². The van der Waals surface area contributed by atoms with E-state index < -0.39 is 16.7 Å². The number of esters is 1. The van der Waals surface area contributed by atoms with Crippen molar-refractivity contribution < 1.29 is 19.2 Å². The minimum atomic E-state index is -1.32. The maximum absolute atomic E-state index is 12.3. The first-order chi connectivity index (χ1) is 12.0. The number of rotatable bonds is 7. The van der Waals surface area contributed by atoms with Crippen molar-refractivity contribution in [2.45, 2.75) is 45.1 Å². The van der Waals surface area contributed by atoms with Gasteiger partial charge in [-0.25, -0.2) is 0 Å². The van der Waals surface area contributed by atoms with E-state index in [9.17, 15) is 19.7 Å². The van der Waals surface area contributed by atoms with Crippen LogP contribution in [0.25, 0.3) is 0 Å². The van der Waals surface area contributed by atoms with E-state index >= 15 is 0 Å². The number of allylic oxidation sites excluding steroid dienone is 3. The number of ketones is 1. The van der Waals surface area contributed by atoms with Gasteiger partial charge >= 0.3 is 5.97 Å². The summed E-state index contributed by atoms with van der Waals surface area (Å²) in [6.07, 6.45) is 6.73. The molecule has 0 spiro atoms. The van der Waals surface area contributed by atoms with E-state index in [0.717, 1.165) is 24.8 Å². The van der Waals surface area contributed by atoms with Gasteiger partial charge in [0.1, 0.15) is 5.76 Å². The Labute approximate surface area is 146 Å². The summed E-state index contributed by atoms with van der Waals surface area (Å²) in [5.74, 6) is -0.250. The second-order valence-electron chi connectivity index (χ2n) is 5.92. The van der Waals surface area contributed by atoms with Crippen molar-refractivity contribution in [3.8, 4) is 0 Å². The van der Waals surface area contributed by atoms with Gasteiger partial charge in [-0.1, -0.05) is 42.5 Å². The number of hydrogen-bond acceptors (Lipinski definition) is 5. The topological polar surface area (TPSA) is 86.5 Å². The standard InChI is InChI=1S/C19H21NO5/c1-14(21)25-18-13-6-5-8-15(18)11-7-12-17(20(23)24)19(22)16-9-3-2-4-10-16/h2-4,7,9-11,17H,5-6,8,12-13H2,1H3/b11-7+. The number of carbonyl (C=O) groups excluding carboxylic acids is 2.